The molecular formula is C15H23NO3S. The minimum Gasteiger partial charge on any atom is -0.497 e. The molecule has 0 saturated carbocycles. The summed E-state index contributed by atoms with van der Waals surface area (Å²) in [5.74, 6) is 0.610. The van der Waals surface area contributed by atoms with E-state index in [1.165, 1.54) is 7.11 Å². The van der Waals surface area contributed by atoms with E-state index in [2.05, 4.69) is 12.2 Å². The zero-order chi connectivity index (χ0) is 15.2. The van der Waals surface area contributed by atoms with Crippen molar-refractivity contribution in [3.05, 3.63) is 24.3 Å². The highest BCUT2D eigenvalue weighted by Gasteiger charge is 2.34. The average molecular weight is 297 g/mol. The molecule has 1 aromatic carbocycles. The predicted molar refractivity (Wildman–Crippen MR) is 82.4 cm³/mol. The maximum Gasteiger partial charge on any atom is 0.325 e. The summed E-state index contributed by atoms with van der Waals surface area (Å²) in [4.78, 5) is 13.0. The van der Waals surface area contributed by atoms with Gasteiger partial charge in [-0.3, -0.25) is 4.79 Å². The third-order valence-electron chi connectivity index (χ3n) is 3.28. The lowest BCUT2D eigenvalue weighted by Crippen LogP contribution is -2.49. The molecule has 0 bridgehead atoms. The van der Waals surface area contributed by atoms with E-state index in [1.807, 2.05) is 31.2 Å². The minimum absolute atomic E-state index is 0.234. The average Bonchev–Trinajstić information content (AvgIpc) is 2.46. The van der Waals surface area contributed by atoms with Gasteiger partial charge in [-0.1, -0.05) is 6.92 Å². The van der Waals surface area contributed by atoms with Crippen LogP contribution in [0.15, 0.2) is 29.2 Å². The van der Waals surface area contributed by atoms with Crippen molar-refractivity contribution in [2.75, 3.05) is 21.3 Å². The largest absolute Gasteiger partial charge is 0.497 e. The van der Waals surface area contributed by atoms with Crippen molar-refractivity contribution in [1.82, 2.24) is 5.32 Å². The highest BCUT2D eigenvalue weighted by atomic mass is 32.2. The number of thioether (sulfide) groups is 1. The van der Waals surface area contributed by atoms with E-state index < -0.39 is 5.54 Å². The first-order valence-electron chi connectivity index (χ1n) is 6.53. The minimum atomic E-state index is -0.659. The standard InChI is InChI=1S/C15H23NO3S/c1-11(10-15(2,16-3)14(17)19-5)20-13-8-6-12(18-4)7-9-13/h6-9,11,16H,10H2,1-5H3. The van der Waals surface area contributed by atoms with Crippen molar-refractivity contribution in [3.63, 3.8) is 0 Å². The van der Waals surface area contributed by atoms with Crippen molar-refractivity contribution < 1.29 is 14.3 Å². The van der Waals surface area contributed by atoms with Crippen LogP contribution < -0.4 is 10.1 Å². The van der Waals surface area contributed by atoms with Gasteiger partial charge in [0.05, 0.1) is 14.2 Å². The SMILES string of the molecule is CNC(C)(CC(C)Sc1ccc(OC)cc1)C(=O)OC. The number of likely N-dealkylation sites (N-methyl/N-ethyl adjacent to an activating group) is 1. The van der Waals surface area contributed by atoms with E-state index >= 15 is 0 Å². The number of rotatable bonds is 7. The molecule has 4 nitrogen and oxygen atoms in total. The van der Waals surface area contributed by atoms with Crippen LogP contribution in [0.5, 0.6) is 5.75 Å². The number of benzene rings is 1. The van der Waals surface area contributed by atoms with Crippen LogP contribution in [-0.4, -0.2) is 38.0 Å². The third-order valence-corrected chi connectivity index (χ3v) is 4.39. The monoisotopic (exact) mass is 297 g/mol. The van der Waals surface area contributed by atoms with Crippen LogP contribution >= 0.6 is 11.8 Å². The predicted octanol–water partition coefficient (Wildman–Crippen LogP) is 2.72. The van der Waals surface area contributed by atoms with E-state index in [9.17, 15) is 4.79 Å². The Labute approximate surface area is 125 Å². The molecule has 2 unspecified atom stereocenters. The van der Waals surface area contributed by atoms with Gasteiger partial charge >= 0.3 is 5.97 Å². The Morgan fingerprint density at radius 3 is 2.40 bits per heavy atom. The van der Waals surface area contributed by atoms with E-state index in [1.54, 1.807) is 25.9 Å². The summed E-state index contributed by atoms with van der Waals surface area (Å²) < 4.78 is 10.00. The highest BCUT2D eigenvalue weighted by molar-refractivity contribution is 7.99. The maximum atomic E-state index is 11.8. The lowest BCUT2D eigenvalue weighted by Gasteiger charge is -2.28. The fourth-order valence-electron chi connectivity index (χ4n) is 2.02. The molecule has 112 valence electrons. The number of nitrogens with one attached hydrogen (secondary N) is 1. The number of methoxy groups -OCH3 is 2. The Kier molecular flexibility index (Phi) is 6.36. The fourth-order valence-corrected chi connectivity index (χ4v) is 3.19. The number of hydrogen-bond acceptors (Lipinski definition) is 5. The molecule has 1 N–H and O–H groups in total. The first-order valence-corrected chi connectivity index (χ1v) is 7.41. The zero-order valence-electron chi connectivity index (χ0n) is 12.7. The van der Waals surface area contributed by atoms with E-state index in [0.29, 0.717) is 6.42 Å². The molecule has 5 heteroatoms. The van der Waals surface area contributed by atoms with Crippen LogP contribution in [0.25, 0.3) is 0 Å². The molecule has 0 fully saturated rings. The summed E-state index contributed by atoms with van der Waals surface area (Å²) in [6.07, 6.45) is 0.687. The molecule has 0 aliphatic carbocycles. The lowest BCUT2D eigenvalue weighted by molar-refractivity contribution is -0.147. The van der Waals surface area contributed by atoms with Gasteiger partial charge in [-0.25, -0.2) is 0 Å². The Morgan fingerprint density at radius 1 is 1.35 bits per heavy atom. The van der Waals surface area contributed by atoms with Crippen molar-refractivity contribution in [1.29, 1.82) is 0 Å². The topological polar surface area (TPSA) is 47.6 Å². The number of esters is 1. The second-order valence-electron chi connectivity index (χ2n) is 4.88. The molecule has 1 aromatic rings. The summed E-state index contributed by atoms with van der Waals surface area (Å²) in [5, 5.41) is 3.33. The smallest absolute Gasteiger partial charge is 0.325 e. The van der Waals surface area contributed by atoms with Crippen LogP contribution in [0.2, 0.25) is 0 Å². The first kappa shape index (κ1) is 16.9. The molecule has 1 rings (SSSR count). The van der Waals surface area contributed by atoms with Crippen molar-refractivity contribution in [2.24, 2.45) is 0 Å². The molecule has 0 aliphatic rings. The molecular weight excluding hydrogens is 274 g/mol. The van der Waals surface area contributed by atoms with Gasteiger partial charge in [-0.05, 0) is 44.7 Å². The van der Waals surface area contributed by atoms with Crippen molar-refractivity contribution >= 4 is 17.7 Å². The summed E-state index contributed by atoms with van der Waals surface area (Å²) in [7, 11) is 4.85. The normalized spacial score (nSPS) is 15.2. The molecule has 0 radical (unpaired) electrons. The van der Waals surface area contributed by atoms with Gasteiger partial charge in [0.15, 0.2) is 0 Å². The second kappa shape index (κ2) is 7.55. The zero-order valence-corrected chi connectivity index (χ0v) is 13.5. The molecule has 0 heterocycles. The van der Waals surface area contributed by atoms with Gasteiger partial charge in [-0.15, -0.1) is 11.8 Å². The van der Waals surface area contributed by atoms with Gasteiger partial charge in [-0.2, -0.15) is 0 Å². The molecule has 0 spiro atoms. The van der Waals surface area contributed by atoms with Gasteiger partial charge < -0.3 is 14.8 Å². The summed E-state index contributed by atoms with van der Waals surface area (Å²) in [6.45, 7) is 3.97. The van der Waals surface area contributed by atoms with Crippen LogP contribution in [0, 0.1) is 0 Å². The Morgan fingerprint density at radius 2 is 1.95 bits per heavy atom. The number of hydrogen-bond donors (Lipinski definition) is 1. The molecule has 20 heavy (non-hydrogen) atoms. The number of carbonyl (C=O) groups is 1. The Balaban J connectivity index is 2.65. The molecule has 2 atom stereocenters. The van der Waals surface area contributed by atoms with Crippen LogP contribution in [-0.2, 0) is 9.53 Å². The Hall–Kier alpha value is -1.20. The molecule has 0 aromatic heterocycles. The highest BCUT2D eigenvalue weighted by Crippen LogP contribution is 2.30. The quantitative estimate of drug-likeness (QED) is 0.619. The molecule has 0 amide bonds. The number of carbonyl (C=O) groups excluding carboxylic acids is 1. The molecule has 0 saturated heterocycles. The van der Waals surface area contributed by atoms with Gasteiger partial charge in [0.2, 0.25) is 0 Å². The van der Waals surface area contributed by atoms with Gasteiger partial charge in [0.25, 0.3) is 0 Å². The van der Waals surface area contributed by atoms with Crippen LogP contribution in [0.3, 0.4) is 0 Å². The van der Waals surface area contributed by atoms with E-state index in [4.69, 9.17) is 9.47 Å². The third kappa shape index (κ3) is 4.42. The van der Waals surface area contributed by atoms with Crippen molar-refractivity contribution in [2.45, 2.75) is 36.0 Å². The molecule has 0 aliphatic heterocycles. The second-order valence-corrected chi connectivity index (χ2v) is 6.39. The maximum absolute atomic E-state index is 11.8. The van der Waals surface area contributed by atoms with Crippen molar-refractivity contribution in [3.8, 4) is 5.75 Å². The fraction of sp³-hybridized carbons (Fsp3) is 0.533. The summed E-state index contributed by atoms with van der Waals surface area (Å²) in [6, 6.07) is 7.92. The Bertz CT molecular complexity index is 435. The van der Waals surface area contributed by atoms with Crippen LogP contribution in [0.4, 0.5) is 0 Å². The van der Waals surface area contributed by atoms with Gasteiger partial charge in [0, 0.05) is 10.1 Å². The number of ether oxygens (including phenoxy) is 2. The van der Waals surface area contributed by atoms with Gasteiger partial charge in [0.1, 0.15) is 11.3 Å². The summed E-state index contributed by atoms with van der Waals surface area (Å²) in [5.41, 5.74) is -0.659. The van der Waals surface area contributed by atoms with E-state index in [-0.39, 0.29) is 11.2 Å². The first-order chi connectivity index (χ1) is 9.45. The summed E-state index contributed by atoms with van der Waals surface area (Å²) >= 11 is 1.73. The lowest BCUT2D eigenvalue weighted by atomic mass is 9.96. The van der Waals surface area contributed by atoms with E-state index in [0.717, 1.165) is 10.6 Å². The van der Waals surface area contributed by atoms with Crippen LogP contribution in [0.1, 0.15) is 20.3 Å².